The minimum absolute atomic E-state index is 0.161. The Morgan fingerprint density at radius 2 is 2.05 bits per heavy atom. The van der Waals surface area contributed by atoms with Gasteiger partial charge in [0.05, 0.1) is 0 Å². The second kappa shape index (κ2) is 5.93. The van der Waals surface area contributed by atoms with Gasteiger partial charge in [-0.05, 0) is 23.5 Å². The Kier molecular flexibility index (Phi) is 4.48. The lowest BCUT2D eigenvalue weighted by atomic mass is 9.85. The molecule has 1 aliphatic rings. The topological polar surface area (TPSA) is 35.5 Å². The summed E-state index contributed by atoms with van der Waals surface area (Å²) in [6, 6.07) is 9.10. The molecule has 19 heavy (non-hydrogen) atoms. The first kappa shape index (κ1) is 14.4. The standard InChI is InChI=1S/C16H26N2O/c1-16(2,3)14-6-4-5-7-15(14)18-10-9-17-13(12-18)8-11-19/h4-7,13,17,19H,8-12H2,1-3H3. The predicted molar refractivity (Wildman–Crippen MR) is 80.8 cm³/mol. The zero-order chi connectivity index (χ0) is 13.9. The molecule has 0 spiro atoms. The Balaban J connectivity index is 2.21. The van der Waals surface area contributed by atoms with Crippen LogP contribution < -0.4 is 10.2 Å². The van der Waals surface area contributed by atoms with Gasteiger partial charge in [0.15, 0.2) is 0 Å². The fourth-order valence-corrected chi connectivity index (χ4v) is 2.78. The molecule has 106 valence electrons. The van der Waals surface area contributed by atoms with Gasteiger partial charge in [-0.1, -0.05) is 39.0 Å². The molecule has 1 aromatic carbocycles. The van der Waals surface area contributed by atoms with Crippen molar-refractivity contribution < 1.29 is 5.11 Å². The molecule has 1 saturated heterocycles. The summed E-state index contributed by atoms with van der Waals surface area (Å²) in [6.45, 7) is 10.1. The molecule has 0 bridgehead atoms. The third kappa shape index (κ3) is 3.48. The number of hydrogen-bond acceptors (Lipinski definition) is 3. The fraction of sp³-hybridized carbons (Fsp3) is 0.625. The molecule has 0 aliphatic carbocycles. The molecule has 0 amide bonds. The molecular weight excluding hydrogens is 236 g/mol. The van der Waals surface area contributed by atoms with Crippen LogP contribution in [0.1, 0.15) is 32.8 Å². The van der Waals surface area contributed by atoms with Gasteiger partial charge in [0.25, 0.3) is 0 Å². The normalized spacial score (nSPS) is 20.6. The van der Waals surface area contributed by atoms with Gasteiger partial charge in [0.2, 0.25) is 0 Å². The Hall–Kier alpha value is -1.06. The number of nitrogens with zero attached hydrogens (tertiary/aromatic N) is 1. The number of aliphatic hydroxyl groups excluding tert-OH is 1. The van der Waals surface area contributed by atoms with Crippen LogP contribution in [0.2, 0.25) is 0 Å². The molecule has 1 aliphatic heterocycles. The second-order valence-corrected chi connectivity index (χ2v) is 6.38. The highest BCUT2D eigenvalue weighted by Crippen LogP contribution is 2.32. The Morgan fingerprint density at radius 1 is 1.32 bits per heavy atom. The van der Waals surface area contributed by atoms with Crippen LogP contribution in [-0.2, 0) is 5.41 Å². The molecule has 3 heteroatoms. The van der Waals surface area contributed by atoms with Crippen LogP contribution in [0.5, 0.6) is 0 Å². The number of rotatable bonds is 3. The smallest absolute Gasteiger partial charge is 0.0446 e. The number of piperazine rings is 1. The lowest BCUT2D eigenvalue weighted by Gasteiger charge is -2.38. The Labute approximate surface area is 116 Å². The van der Waals surface area contributed by atoms with E-state index in [0.29, 0.717) is 6.04 Å². The summed E-state index contributed by atoms with van der Waals surface area (Å²) in [5.41, 5.74) is 2.91. The molecule has 1 atom stereocenters. The van der Waals surface area contributed by atoms with Crippen LogP contribution >= 0.6 is 0 Å². The van der Waals surface area contributed by atoms with Crippen molar-refractivity contribution in [1.29, 1.82) is 0 Å². The average Bonchev–Trinajstić information content (AvgIpc) is 2.38. The molecule has 1 unspecified atom stereocenters. The quantitative estimate of drug-likeness (QED) is 0.876. The minimum Gasteiger partial charge on any atom is -0.396 e. The van der Waals surface area contributed by atoms with Gasteiger partial charge in [0, 0.05) is 38.0 Å². The SMILES string of the molecule is CC(C)(C)c1ccccc1N1CCNC(CCO)C1. The van der Waals surface area contributed by atoms with Gasteiger partial charge in [0.1, 0.15) is 0 Å². The van der Waals surface area contributed by atoms with Crippen LogP contribution in [0, 0.1) is 0 Å². The summed E-state index contributed by atoms with van der Waals surface area (Å²) < 4.78 is 0. The fourth-order valence-electron chi connectivity index (χ4n) is 2.78. The number of hydrogen-bond donors (Lipinski definition) is 2. The van der Waals surface area contributed by atoms with Crippen LogP contribution in [0.3, 0.4) is 0 Å². The second-order valence-electron chi connectivity index (χ2n) is 6.38. The third-order valence-corrected chi connectivity index (χ3v) is 3.79. The Bertz CT molecular complexity index is 409. The monoisotopic (exact) mass is 262 g/mol. The van der Waals surface area contributed by atoms with E-state index in [1.54, 1.807) is 0 Å². The summed E-state index contributed by atoms with van der Waals surface area (Å²) in [5, 5.41) is 12.6. The van der Waals surface area contributed by atoms with Gasteiger partial charge in [-0.3, -0.25) is 0 Å². The highest BCUT2D eigenvalue weighted by molar-refractivity contribution is 5.56. The molecule has 3 nitrogen and oxygen atoms in total. The van der Waals surface area contributed by atoms with Crippen LogP contribution in [0.15, 0.2) is 24.3 Å². The van der Waals surface area contributed by atoms with E-state index in [1.165, 1.54) is 11.3 Å². The molecular formula is C16H26N2O. The van der Waals surface area contributed by atoms with Crippen LogP contribution in [0.25, 0.3) is 0 Å². The van der Waals surface area contributed by atoms with Crippen molar-refractivity contribution in [3.63, 3.8) is 0 Å². The predicted octanol–water partition coefficient (Wildman–Crippen LogP) is 2.14. The van der Waals surface area contributed by atoms with E-state index < -0.39 is 0 Å². The number of nitrogens with one attached hydrogen (secondary N) is 1. The number of benzene rings is 1. The van der Waals surface area contributed by atoms with E-state index in [1.807, 2.05) is 0 Å². The van der Waals surface area contributed by atoms with Crippen molar-refractivity contribution >= 4 is 5.69 Å². The van der Waals surface area contributed by atoms with E-state index in [0.717, 1.165) is 26.1 Å². The molecule has 2 N–H and O–H groups in total. The summed E-state index contributed by atoms with van der Waals surface area (Å²) in [7, 11) is 0. The zero-order valence-corrected chi connectivity index (χ0v) is 12.3. The summed E-state index contributed by atoms with van der Waals surface area (Å²) >= 11 is 0. The highest BCUT2D eigenvalue weighted by atomic mass is 16.3. The van der Waals surface area contributed by atoms with Gasteiger partial charge >= 0.3 is 0 Å². The number of para-hydroxylation sites is 1. The van der Waals surface area contributed by atoms with Crippen molar-refractivity contribution in [3.05, 3.63) is 29.8 Å². The minimum atomic E-state index is 0.161. The van der Waals surface area contributed by atoms with E-state index >= 15 is 0 Å². The van der Waals surface area contributed by atoms with Crippen molar-refractivity contribution in [3.8, 4) is 0 Å². The molecule has 0 saturated carbocycles. The lowest BCUT2D eigenvalue weighted by Crippen LogP contribution is -2.51. The van der Waals surface area contributed by atoms with Gasteiger partial charge in [-0.2, -0.15) is 0 Å². The van der Waals surface area contributed by atoms with E-state index in [2.05, 4.69) is 55.3 Å². The molecule has 0 radical (unpaired) electrons. The van der Waals surface area contributed by atoms with Gasteiger partial charge in [-0.25, -0.2) is 0 Å². The molecule has 0 aromatic heterocycles. The average molecular weight is 262 g/mol. The first-order valence-corrected chi connectivity index (χ1v) is 7.21. The highest BCUT2D eigenvalue weighted by Gasteiger charge is 2.24. The van der Waals surface area contributed by atoms with Crippen molar-refractivity contribution in [2.75, 3.05) is 31.1 Å². The van der Waals surface area contributed by atoms with E-state index in [-0.39, 0.29) is 12.0 Å². The maximum Gasteiger partial charge on any atom is 0.0446 e. The maximum atomic E-state index is 9.10. The lowest BCUT2D eigenvalue weighted by molar-refractivity contribution is 0.260. The molecule has 1 aromatic rings. The van der Waals surface area contributed by atoms with Crippen molar-refractivity contribution in [2.45, 2.75) is 38.6 Å². The number of anilines is 1. The Morgan fingerprint density at radius 3 is 2.74 bits per heavy atom. The van der Waals surface area contributed by atoms with Gasteiger partial charge < -0.3 is 15.3 Å². The zero-order valence-electron chi connectivity index (χ0n) is 12.3. The van der Waals surface area contributed by atoms with Gasteiger partial charge in [-0.15, -0.1) is 0 Å². The maximum absolute atomic E-state index is 9.10. The van der Waals surface area contributed by atoms with E-state index in [4.69, 9.17) is 5.11 Å². The van der Waals surface area contributed by atoms with Crippen molar-refractivity contribution in [2.24, 2.45) is 0 Å². The molecule has 1 fully saturated rings. The first-order valence-electron chi connectivity index (χ1n) is 7.21. The summed E-state index contributed by atoms with van der Waals surface area (Å²) in [6.07, 6.45) is 0.828. The third-order valence-electron chi connectivity index (χ3n) is 3.79. The largest absolute Gasteiger partial charge is 0.396 e. The number of aliphatic hydroxyl groups is 1. The summed E-state index contributed by atoms with van der Waals surface area (Å²) in [4.78, 5) is 2.46. The van der Waals surface area contributed by atoms with Crippen LogP contribution in [0.4, 0.5) is 5.69 Å². The van der Waals surface area contributed by atoms with E-state index in [9.17, 15) is 0 Å². The molecule has 2 rings (SSSR count). The molecule has 1 heterocycles. The van der Waals surface area contributed by atoms with Crippen LogP contribution in [-0.4, -0.2) is 37.4 Å². The van der Waals surface area contributed by atoms with Crippen molar-refractivity contribution in [1.82, 2.24) is 5.32 Å². The summed E-state index contributed by atoms with van der Waals surface area (Å²) in [5.74, 6) is 0. The first-order chi connectivity index (χ1) is 9.02.